The lowest BCUT2D eigenvalue weighted by Gasteiger charge is -2.14. The van der Waals surface area contributed by atoms with E-state index in [1.54, 1.807) is 0 Å². The summed E-state index contributed by atoms with van der Waals surface area (Å²) >= 11 is 1.53. The highest BCUT2D eigenvalue weighted by Crippen LogP contribution is 2.12. The molecule has 0 aliphatic carbocycles. The summed E-state index contributed by atoms with van der Waals surface area (Å²) in [6.45, 7) is 2.25. The third kappa shape index (κ3) is 5.27. The largest absolute Gasteiger partial charge is 0.480 e. The summed E-state index contributed by atoms with van der Waals surface area (Å²) in [5.41, 5.74) is 7.00. The number of primary amides is 1. The number of hydrogen-bond acceptors (Lipinski definition) is 4. The zero-order chi connectivity index (χ0) is 15.1. The lowest BCUT2D eigenvalue weighted by atomic mass is 10.1. The van der Waals surface area contributed by atoms with Crippen molar-refractivity contribution in [3.05, 3.63) is 21.9 Å². The minimum atomic E-state index is -1.20. The minimum absolute atomic E-state index is 0.0322. The first-order chi connectivity index (χ1) is 9.40. The first kappa shape index (κ1) is 16.0. The van der Waals surface area contributed by atoms with Crippen molar-refractivity contribution in [1.29, 1.82) is 0 Å². The van der Waals surface area contributed by atoms with Crippen molar-refractivity contribution in [3.63, 3.8) is 0 Å². The molecule has 0 bridgehead atoms. The van der Waals surface area contributed by atoms with Gasteiger partial charge in [0.2, 0.25) is 5.91 Å². The predicted octanol–water partition coefficient (Wildman–Crippen LogP) is 0.574. The van der Waals surface area contributed by atoms with Gasteiger partial charge >= 0.3 is 12.0 Å². The summed E-state index contributed by atoms with van der Waals surface area (Å²) in [5.74, 6) is -1.81. The summed E-state index contributed by atoms with van der Waals surface area (Å²) < 4.78 is 0. The van der Waals surface area contributed by atoms with Crippen LogP contribution in [-0.4, -0.2) is 29.1 Å². The molecule has 0 aliphatic heterocycles. The second kappa shape index (κ2) is 7.49. The van der Waals surface area contributed by atoms with E-state index >= 15 is 0 Å². The maximum absolute atomic E-state index is 11.6. The zero-order valence-electron chi connectivity index (χ0n) is 11.0. The van der Waals surface area contributed by atoms with Gasteiger partial charge in [-0.05, 0) is 35.2 Å². The van der Waals surface area contributed by atoms with E-state index in [2.05, 4.69) is 10.6 Å². The van der Waals surface area contributed by atoms with Crippen molar-refractivity contribution >= 4 is 29.2 Å². The highest BCUT2D eigenvalue weighted by atomic mass is 32.1. The number of carboxylic acids is 1. The molecule has 0 radical (unpaired) electrons. The monoisotopic (exact) mass is 299 g/mol. The number of urea groups is 1. The molecule has 0 saturated heterocycles. The maximum Gasteiger partial charge on any atom is 0.326 e. The van der Waals surface area contributed by atoms with Crippen LogP contribution in [-0.2, 0) is 16.1 Å². The number of aryl methyl sites for hydroxylation is 1. The summed E-state index contributed by atoms with van der Waals surface area (Å²) in [4.78, 5) is 33.2. The Morgan fingerprint density at radius 1 is 1.40 bits per heavy atom. The quantitative estimate of drug-likeness (QED) is 0.588. The minimum Gasteiger partial charge on any atom is -0.480 e. The predicted molar refractivity (Wildman–Crippen MR) is 74.3 cm³/mol. The van der Waals surface area contributed by atoms with Gasteiger partial charge in [0.05, 0.1) is 0 Å². The van der Waals surface area contributed by atoms with Crippen molar-refractivity contribution in [2.45, 2.75) is 32.4 Å². The molecule has 110 valence electrons. The number of aliphatic carboxylic acids is 1. The Morgan fingerprint density at radius 3 is 2.60 bits per heavy atom. The van der Waals surface area contributed by atoms with Crippen LogP contribution in [0.3, 0.4) is 0 Å². The maximum atomic E-state index is 11.6. The molecular weight excluding hydrogens is 282 g/mol. The van der Waals surface area contributed by atoms with Gasteiger partial charge in [0.15, 0.2) is 0 Å². The van der Waals surface area contributed by atoms with E-state index in [0.717, 1.165) is 11.1 Å². The highest BCUT2D eigenvalue weighted by Gasteiger charge is 2.20. The molecule has 0 unspecified atom stereocenters. The van der Waals surface area contributed by atoms with Crippen molar-refractivity contribution in [2.75, 3.05) is 0 Å². The molecule has 3 amide bonds. The van der Waals surface area contributed by atoms with Crippen LogP contribution in [0.4, 0.5) is 4.79 Å². The van der Waals surface area contributed by atoms with Crippen LogP contribution in [0.15, 0.2) is 10.8 Å². The summed E-state index contributed by atoms with van der Waals surface area (Å²) in [5, 5.41) is 17.7. The first-order valence-electron chi connectivity index (χ1n) is 5.97. The van der Waals surface area contributed by atoms with Gasteiger partial charge in [-0.2, -0.15) is 11.3 Å². The number of hydrogen-bond donors (Lipinski definition) is 4. The van der Waals surface area contributed by atoms with Crippen molar-refractivity contribution < 1.29 is 19.5 Å². The normalized spacial score (nSPS) is 11.7. The Morgan fingerprint density at radius 2 is 2.10 bits per heavy atom. The molecular formula is C12H17N3O4S. The number of nitrogens with one attached hydrogen (secondary N) is 2. The lowest BCUT2D eigenvalue weighted by molar-refractivity contribution is -0.139. The number of carbonyl (C=O) groups is 3. The molecule has 7 nitrogen and oxygen atoms in total. The van der Waals surface area contributed by atoms with Crippen LogP contribution >= 0.6 is 11.3 Å². The van der Waals surface area contributed by atoms with E-state index in [9.17, 15) is 14.4 Å². The van der Waals surface area contributed by atoms with E-state index in [1.165, 1.54) is 11.3 Å². The van der Waals surface area contributed by atoms with Gasteiger partial charge in [-0.1, -0.05) is 0 Å². The molecule has 0 saturated carbocycles. The van der Waals surface area contributed by atoms with Crippen LogP contribution in [0.25, 0.3) is 0 Å². The molecule has 1 aromatic rings. The Hall–Kier alpha value is -2.09. The Kier molecular flexibility index (Phi) is 5.98. The number of rotatable bonds is 7. The molecule has 1 aromatic heterocycles. The lowest BCUT2D eigenvalue weighted by Crippen LogP contribution is -2.46. The molecule has 0 fully saturated rings. The molecule has 0 aliphatic rings. The van der Waals surface area contributed by atoms with Gasteiger partial charge in [0, 0.05) is 13.0 Å². The third-order valence-corrected chi connectivity index (χ3v) is 3.59. The number of amides is 3. The summed E-state index contributed by atoms with van der Waals surface area (Å²) in [7, 11) is 0. The Balaban J connectivity index is 2.43. The van der Waals surface area contributed by atoms with Gasteiger partial charge in [-0.3, -0.25) is 4.79 Å². The van der Waals surface area contributed by atoms with Crippen LogP contribution < -0.4 is 16.4 Å². The number of carboxylic acid groups (broad SMARTS) is 1. The number of thiophene rings is 1. The van der Waals surface area contributed by atoms with Crippen LogP contribution in [0, 0.1) is 6.92 Å². The van der Waals surface area contributed by atoms with E-state index < -0.39 is 23.9 Å². The third-order valence-electron chi connectivity index (χ3n) is 2.68. The van der Waals surface area contributed by atoms with Gasteiger partial charge in [0.25, 0.3) is 0 Å². The summed E-state index contributed by atoms with van der Waals surface area (Å²) in [6.07, 6.45) is -0.129. The van der Waals surface area contributed by atoms with Gasteiger partial charge in [-0.25, -0.2) is 9.59 Å². The molecule has 8 heteroatoms. The topological polar surface area (TPSA) is 122 Å². The molecule has 5 N–H and O–H groups in total. The van der Waals surface area contributed by atoms with E-state index in [0.29, 0.717) is 6.54 Å². The van der Waals surface area contributed by atoms with Crippen LogP contribution in [0.2, 0.25) is 0 Å². The highest BCUT2D eigenvalue weighted by molar-refractivity contribution is 7.08. The van der Waals surface area contributed by atoms with Gasteiger partial charge in [-0.15, -0.1) is 0 Å². The molecule has 0 spiro atoms. The number of carbonyl (C=O) groups excluding carboxylic acids is 2. The first-order valence-corrected chi connectivity index (χ1v) is 6.91. The fourth-order valence-electron chi connectivity index (χ4n) is 1.50. The Labute approximate surface area is 120 Å². The van der Waals surface area contributed by atoms with Crippen LogP contribution in [0.1, 0.15) is 24.0 Å². The van der Waals surface area contributed by atoms with Crippen molar-refractivity contribution in [2.24, 2.45) is 5.73 Å². The zero-order valence-corrected chi connectivity index (χ0v) is 11.8. The van der Waals surface area contributed by atoms with Gasteiger partial charge in [0.1, 0.15) is 6.04 Å². The van der Waals surface area contributed by atoms with Crippen molar-refractivity contribution in [3.8, 4) is 0 Å². The average Bonchev–Trinajstić information content (AvgIpc) is 2.77. The summed E-state index contributed by atoms with van der Waals surface area (Å²) in [6, 6.07) is -1.72. The molecule has 0 aromatic carbocycles. The SMILES string of the molecule is Cc1cscc1CNC(=O)N[C@@H](CCC(N)=O)C(=O)O. The second-order valence-electron chi connectivity index (χ2n) is 4.30. The van der Waals surface area contributed by atoms with Gasteiger partial charge < -0.3 is 21.5 Å². The molecule has 1 heterocycles. The van der Waals surface area contributed by atoms with E-state index in [1.807, 2.05) is 17.7 Å². The Bertz CT molecular complexity index is 501. The average molecular weight is 299 g/mol. The fourth-order valence-corrected chi connectivity index (χ4v) is 2.35. The second-order valence-corrected chi connectivity index (χ2v) is 5.05. The standard InChI is InChI=1S/C12H17N3O4S/c1-7-5-20-6-8(7)4-14-12(19)15-9(11(17)18)2-3-10(13)16/h5-6,9H,2-4H2,1H3,(H2,13,16)(H,17,18)(H2,14,15,19)/t9-/m0/s1. The van der Waals surface area contributed by atoms with Crippen molar-refractivity contribution in [1.82, 2.24) is 10.6 Å². The smallest absolute Gasteiger partial charge is 0.326 e. The number of nitrogens with two attached hydrogens (primary N) is 1. The van der Waals surface area contributed by atoms with Crippen LogP contribution in [0.5, 0.6) is 0 Å². The van der Waals surface area contributed by atoms with E-state index in [4.69, 9.17) is 10.8 Å². The van der Waals surface area contributed by atoms with E-state index in [-0.39, 0.29) is 12.8 Å². The molecule has 1 rings (SSSR count). The molecule has 1 atom stereocenters. The fraction of sp³-hybridized carbons (Fsp3) is 0.417. The molecule has 20 heavy (non-hydrogen) atoms.